The third-order valence-electron chi connectivity index (χ3n) is 12.2. The van der Waals surface area contributed by atoms with Gasteiger partial charge in [-0.05, 0) is 124 Å². The zero-order valence-electron chi connectivity index (χ0n) is 41.9. The van der Waals surface area contributed by atoms with Crippen molar-refractivity contribution in [3.8, 4) is 17.2 Å². The Morgan fingerprint density at radius 1 is 0.838 bits per heavy atom. The second-order valence-electron chi connectivity index (χ2n) is 20.8. The van der Waals surface area contributed by atoms with Crippen molar-refractivity contribution in [3.05, 3.63) is 93.5 Å². The van der Waals surface area contributed by atoms with Gasteiger partial charge in [0.25, 0.3) is 0 Å². The number of carbonyl (C=O) groups is 3. The lowest BCUT2D eigenvalue weighted by molar-refractivity contribution is -0.149. The van der Waals surface area contributed by atoms with Gasteiger partial charge in [0.2, 0.25) is 0 Å². The minimum atomic E-state index is -2.65. The number of rotatable bonds is 13. The maximum atomic E-state index is 14.4. The van der Waals surface area contributed by atoms with Crippen LogP contribution >= 0.6 is 11.6 Å². The Kier molecular flexibility index (Phi) is 16.1. The first-order chi connectivity index (χ1) is 31.8. The summed E-state index contributed by atoms with van der Waals surface area (Å²) in [6.45, 7) is 20.6. The van der Waals surface area contributed by atoms with E-state index in [-0.39, 0.29) is 53.9 Å². The number of hydrogen-bond donors (Lipinski definition) is 0. The number of esters is 1. The minimum Gasteiger partial charge on any atom is -0.497 e. The van der Waals surface area contributed by atoms with E-state index in [0.717, 1.165) is 27.2 Å². The largest absolute Gasteiger partial charge is 0.497 e. The van der Waals surface area contributed by atoms with Gasteiger partial charge in [-0.25, -0.2) is 14.5 Å². The Morgan fingerprint density at radius 3 is 2.07 bits per heavy atom. The molecule has 5 atom stereocenters. The average molecular weight is 983 g/mol. The molecule has 0 N–H and O–H groups in total. The highest BCUT2D eigenvalue weighted by molar-refractivity contribution is 6.74. The number of imide groups is 1. The Bertz CT molecular complexity index is 2300. The Hall–Kier alpha value is -4.68. The van der Waals surface area contributed by atoms with Crippen LogP contribution in [0, 0.1) is 0 Å². The molecule has 3 aromatic carbocycles. The van der Waals surface area contributed by atoms with Gasteiger partial charge in [0.05, 0.1) is 37.3 Å². The minimum absolute atomic E-state index is 0.0441. The fraction of sp³-hybridized carbons (Fsp3) is 0.549. The number of nitrogens with zero attached hydrogens (tertiary/aromatic N) is 1. The first-order valence-corrected chi connectivity index (χ1v) is 26.0. The molecular weight excluding hydrogens is 914 g/mol. The normalized spacial score (nSPS) is 21.7. The average Bonchev–Trinajstić information content (AvgIpc) is 3.70. The van der Waals surface area contributed by atoms with E-state index in [1.807, 2.05) is 42.5 Å². The van der Waals surface area contributed by atoms with Crippen LogP contribution < -0.4 is 14.2 Å². The van der Waals surface area contributed by atoms with Crippen molar-refractivity contribution in [2.45, 2.75) is 141 Å². The predicted octanol–water partition coefficient (Wildman–Crippen LogP) is 11.4. The zero-order valence-corrected chi connectivity index (χ0v) is 43.6. The van der Waals surface area contributed by atoms with Crippen molar-refractivity contribution in [1.82, 2.24) is 4.90 Å². The van der Waals surface area contributed by atoms with Crippen molar-refractivity contribution in [2.24, 2.45) is 0 Å². The zero-order chi connectivity index (χ0) is 50.0. The monoisotopic (exact) mass is 981 g/mol. The first-order valence-electron chi connectivity index (χ1n) is 22.7. The summed E-state index contributed by atoms with van der Waals surface area (Å²) in [5, 5.41) is -0.181. The van der Waals surface area contributed by atoms with E-state index in [1.165, 1.54) is 13.2 Å². The van der Waals surface area contributed by atoms with Crippen LogP contribution in [0.1, 0.15) is 121 Å². The van der Waals surface area contributed by atoms with Crippen molar-refractivity contribution in [1.29, 1.82) is 0 Å². The molecular formula is C51H68ClNO14Si. The fourth-order valence-corrected chi connectivity index (χ4v) is 9.90. The number of amides is 2. The van der Waals surface area contributed by atoms with Gasteiger partial charge >= 0.3 is 18.2 Å². The van der Waals surface area contributed by atoms with Gasteiger partial charge in [-0.3, -0.25) is 4.79 Å². The molecule has 6 aliphatic rings. The van der Waals surface area contributed by atoms with E-state index in [2.05, 4.69) is 39.9 Å². The SMILES string of the molecule is COCOc1cc2cc(Cl)c1O[C@@H]1c3ccc(cc3C3=C[C@@H](OCOC)C[C@@]31O[Si](C)(C)C(C)(C)C)[C@@H](OCc1ccc(OC)cc1)COC(=O)C[C@@H]2N(C(=O)OC(C)(C)C)C(=O)OC(C)(C)C. The highest BCUT2D eigenvalue weighted by atomic mass is 35.5. The van der Waals surface area contributed by atoms with E-state index >= 15 is 0 Å². The maximum absolute atomic E-state index is 14.4. The summed E-state index contributed by atoms with van der Waals surface area (Å²) < 4.78 is 67.9. The Morgan fingerprint density at radius 2 is 1.49 bits per heavy atom. The summed E-state index contributed by atoms with van der Waals surface area (Å²) >= 11 is 7.33. The molecule has 0 spiro atoms. The van der Waals surface area contributed by atoms with Crippen LogP contribution in [0.5, 0.6) is 17.2 Å². The summed E-state index contributed by atoms with van der Waals surface area (Å²) in [5.74, 6) is 0.151. The third kappa shape index (κ3) is 12.0. The van der Waals surface area contributed by atoms with Crippen LogP contribution in [0.15, 0.2) is 60.7 Å². The summed E-state index contributed by atoms with van der Waals surface area (Å²) in [4.78, 5) is 43.7. The van der Waals surface area contributed by atoms with Crippen molar-refractivity contribution < 1.29 is 66.2 Å². The van der Waals surface area contributed by atoms with E-state index in [9.17, 15) is 14.4 Å². The molecule has 3 aromatic rings. The Labute approximate surface area is 406 Å². The molecule has 17 heteroatoms. The number of halogens is 1. The van der Waals surface area contributed by atoms with Crippen LogP contribution in [-0.4, -0.2) is 95.8 Å². The quantitative estimate of drug-likeness (QED) is 0.0690. The van der Waals surface area contributed by atoms with Gasteiger partial charge in [0.15, 0.2) is 32.7 Å². The van der Waals surface area contributed by atoms with Gasteiger partial charge < -0.3 is 51.8 Å². The number of benzene rings is 3. The van der Waals surface area contributed by atoms with Gasteiger partial charge in [0.1, 0.15) is 42.1 Å². The number of hydrogen-bond acceptors (Lipinski definition) is 14. The number of ether oxygens (including phenoxy) is 10. The van der Waals surface area contributed by atoms with Crippen molar-refractivity contribution in [2.75, 3.05) is 41.5 Å². The van der Waals surface area contributed by atoms with Gasteiger partial charge in [-0.1, -0.05) is 56.6 Å². The van der Waals surface area contributed by atoms with Crippen LogP contribution in [0.4, 0.5) is 9.59 Å². The molecule has 0 radical (unpaired) electrons. The molecule has 0 saturated heterocycles. The Balaban J connectivity index is 1.60. The molecule has 15 nitrogen and oxygen atoms in total. The molecule has 2 amide bonds. The van der Waals surface area contributed by atoms with Crippen molar-refractivity contribution >= 4 is 43.6 Å². The van der Waals surface area contributed by atoms with Crippen LogP contribution in [0.25, 0.3) is 5.57 Å². The third-order valence-corrected chi connectivity index (χ3v) is 17.0. The highest BCUT2D eigenvalue weighted by Gasteiger charge is 2.60. The first kappa shape index (κ1) is 52.7. The van der Waals surface area contributed by atoms with Crippen molar-refractivity contribution in [3.63, 3.8) is 0 Å². The highest BCUT2D eigenvalue weighted by Crippen LogP contribution is 2.61. The second kappa shape index (κ2) is 20.7. The molecule has 6 bridgehead atoms. The van der Waals surface area contributed by atoms with E-state index in [4.69, 9.17) is 63.4 Å². The molecule has 0 fully saturated rings. The molecule has 4 aliphatic heterocycles. The molecule has 0 saturated carbocycles. The molecule has 0 unspecified atom stereocenters. The maximum Gasteiger partial charge on any atom is 0.420 e. The molecule has 9 rings (SSSR count). The topological polar surface area (TPSA) is 156 Å². The van der Waals surface area contributed by atoms with Gasteiger partial charge in [-0.15, -0.1) is 0 Å². The predicted molar refractivity (Wildman–Crippen MR) is 257 cm³/mol. The lowest BCUT2D eigenvalue weighted by Crippen LogP contribution is -2.52. The van der Waals surface area contributed by atoms with Crippen LogP contribution in [-0.2, 0) is 49.0 Å². The summed E-state index contributed by atoms with van der Waals surface area (Å²) in [6, 6.07) is 15.1. The standard InChI is InChI=1S/C51H68ClNO14Si/c1-48(2,3)65-46(55)53(47(56)66-49(4,5)6)40-25-43(54)61-28-42(60-27-31-15-18-34(59-12)19-16-31)32-17-20-36-37(21-32)38-24-35(62-29-57-10)26-51(38,67-68(13,14)50(7,8)9)45(36)64-44-39(52)22-33(40)23-41(44)63-30-58-11/h15-24,35,40,42,45H,25-30H2,1-14H3/t35-,40+,42+,45-,51-/m1/s1. The molecule has 372 valence electrons. The molecule has 68 heavy (non-hydrogen) atoms. The molecule has 4 heterocycles. The number of methoxy groups -OCH3 is 3. The van der Waals surface area contributed by atoms with E-state index in [1.54, 1.807) is 61.8 Å². The number of fused-ring (bicyclic) bond motifs is 1. The van der Waals surface area contributed by atoms with Gasteiger partial charge in [-0.2, -0.15) is 0 Å². The lowest BCUT2D eigenvalue weighted by Gasteiger charge is -2.46. The van der Waals surface area contributed by atoms with Gasteiger partial charge in [0, 0.05) is 26.2 Å². The smallest absolute Gasteiger partial charge is 0.420 e. The molecule has 0 aromatic heterocycles. The second-order valence-corrected chi connectivity index (χ2v) is 25.9. The molecule has 2 aliphatic carbocycles. The van der Waals surface area contributed by atoms with Crippen LogP contribution in [0.3, 0.4) is 0 Å². The van der Waals surface area contributed by atoms with Crippen LogP contribution in [0.2, 0.25) is 23.2 Å². The van der Waals surface area contributed by atoms with E-state index in [0.29, 0.717) is 17.7 Å². The summed E-state index contributed by atoms with van der Waals surface area (Å²) in [6.07, 6.45) is -2.29. The van der Waals surface area contributed by atoms with E-state index < -0.39 is 74.1 Å². The fourth-order valence-electron chi connectivity index (χ4n) is 8.12. The summed E-state index contributed by atoms with van der Waals surface area (Å²) in [5.41, 5.74) is 1.05. The summed E-state index contributed by atoms with van der Waals surface area (Å²) in [7, 11) is 1.99. The number of carbonyl (C=O) groups excluding carboxylic acids is 3. The lowest BCUT2D eigenvalue weighted by atomic mass is 9.93.